The molecule has 0 aliphatic heterocycles. The van der Waals surface area contributed by atoms with Gasteiger partial charge in [-0.25, -0.2) is 0 Å². The molecule has 1 fully saturated rings. The van der Waals surface area contributed by atoms with E-state index in [0.29, 0.717) is 29.3 Å². The number of hydrogen-bond donors (Lipinski definition) is 1. The van der Waals surface area contributed by atoms with E-state index in [1.54, 1.807) is 17.0 Å². The Morgan fingerprint density at radius 1 is 0.921 bits per heavy atom. The second kappa shape index (κ2) is 13.8. The molecule has 38 heavy (non-hydrogen) atoms. The Morgan fingerprint density at radius 3 is 2.26 bits per heavy atom. The van der Waals surface area contributed by atoms with Gasteiger partial charge < -0.3 is 10.2 Å². The molecule has 0 spiro atoms. The maximum atomic E-state index is 13.9. The summed E-state index contributed by atoms with van der Waals surface area (Å²) in [5, 5.41) is 4.26. The SMILES string of the molecule is CCc1ccc(CCC(=O)N(Cc2ccc(Cl)cc2Cl)[C@H](Cc2ccccc2)C(=O)NC2CCCC2)cc1. The molecule has 0 aromatic heterocycles. The molecule has 0 bridgehead atoms. The van der Waals surface area contributed by atoms with Crippen molar-refractivity contribution in [1.82, 2.24) is 10.2 Å². The van der Waals surface area contributed by atoms with E-state index in [1.165, 1.54) is 5.56 Å². The molecule has 0 saturated heterocycles. The highest BCUT2D eigenvalue weighted by Gasteiger charge is 2.32. The zero-order valence-corrected chi connectivity index (χ0v) is 23.5. The molecule has 2 amide bonds. The Morgan fingerprint density at radius 2 is 1.61 bits per heavy atom. The van der Waals surface area contributed by atoms with Crippen molar-refractivity contribution in [1.29, 1.82) is 0 Å². The van der Waals surface area contributed by atoms with Gasteiger partial charge in [0.2, 0.25) is 11.8 Å². The van der Waals surface area contributed by atoms with E-state index in [4.69, 9.17) is 23.2 Å². The average molecular weight is 552 g/mol. The summed E-state index contributed by atoms with van der Waals surface area (Å²) in [6.45, 7) is 2.36. The van der Waals surface area contributed by atoms with Crippen LogP contribution >= 0.6 is 23.2 Å². The number of carbonyl (C=O) groups excluding carboxylic acids is 2. The first-order valence-corrected chi connectivity index (χ1v) is 14.3. The van der Waals surface area contributed by atoms with Gasteiger partial charge in [0.05, 0.1) is 0 Å². The standard InChI is InChI=1S/C32H36Cl2N2O2/c1-2-23-12-14-24(15-13-23)16-19-31(37)36(22-26-17-18-27(33)21-29(26)34)30(20-25-8-4-3-5-9-25)32(38)35-28-10-6-7-11-28/h3-5,8-9,12-15,17-18,21,28,30H,2,6-7,10-11,16,19-20,22H2,1H3,(H,35,38)/t30-/m1/s1. The van der Waals surface area contributed by atoms with Crippen molar-refractivity contribution in [3.05, 3.63) is 105 Å². The summed E-state index contributed by atoms with van der Waals surface area (Å²) < 4.78 is 0. The molecule has 200 valence electrons. The first-order valence-electron chi connectivity index (χ1n) is 13.6. The van der Waals surface area contributed by atoms with Gasteiger partial charge in [0.15, 0.2) is 0 Å². The summed E-state index contributed by atoms with van der Waals surface area (Å²) in [5.41, 5.74) is 4.15. The normalized spacial score (nSPS) is 14.3. The Labute approximate surface area is 236 Å². The second-order valence-corrected chi connectivity index (χ2v) is 11.0. The van der Waals surface area contributed by atoms with Crippen LogP contribution in [0.25, 0.3) is 0 Å². The molecule has 0 heterocycles. The van der Waals surface area contributed by atoms with E-state index < -0.39 is 6.04 Å². The van der Waals surface area contributed by atoms with Crippen LogP contribution in [0.3, 0.4) is 0 Å². The summed E-state index contributed by atoms with van der Waals surface area (Å²) in [4.78, 5) is 29.4. The van der Waals surface area contributed by atoms with Crippen LogP contribution < -0.4 is 5.32 Å². The lowest BCUT2D eigenvalue weighted by Crippen LogP contribution is -2.52. The number of hydrogen-bond acceptors (Lipinski definition) is 2. The van der Waals surface area contributed by atoms with Crippen LogP contribution in [-0.4, -0.2) is 28.8 Å². The Balaban J connectivity index is 1.62. The lowest BCUT2D eigenvalue weighted by molar-refractivity contribution is -0.141. The minimum absolute atomic E-state index is 0.0712. The van der Waals surface area contributed by atoms with Crippen LogP contribution in [0.4, 0.5) is 0 Å². The number of nitrogens with one attached hydrogen (secondary N) is 1. The largest absolute Gasteiger partial charge is 0.352 e. The van der Waals surface area contributed by atoms with Crippen LogP contribution in [0.5, 0.6) is 0 Å². The highest BCUT2D eigenvalue weighted by Crippen LogP contribution is 2.25. The van der Waals surface area contributed by atoms with Gasteiger partial charge in [-0.15, -0.1) is 0 Å². The Hall–Kier alpha value is -2.82. The number of halogens is 2. The molecule has 4 nitrogen and oxygen atoms in total. The number of carbonyl (C=O) groups is 2. The van der Waals surface area contributed by atoms with Crippen molar-refractivity contribution in [3.8, 4) is 0 Å². The van der Waals surface area contributed by atoms with Crippen molar-refractivity contribution in [2.45, 2.75) is 76.9 Å². The molecule has 3 aromatic carbocycles. The maximum Gasteiger partial charge on any atom is 0.243 e. The predicted molar refractivity (Wildman–Crippen MR) is 155 cm³/mol. The topological polar surface area (TPSA) is 49.4 Å². The maximum absolute atomic E-state index is 13.9. The van der Waals surface area contributed by atoms with Gasteiger partial charge in [-0.1, -0.05) is 104 Å². The fourth-order valence-corrected chi connectivity index (χ4v) is 5.56. The fourth-order valence-electron chi connectivity index (χ4n) is 5.09. The van der Waals surface area contributed by atoms with Crippen molar-refractivity contribution in [2.24, 2.45) is 0 Å². The van der Waals surface area contributed by atoms with Crippen LogP contribution in [0.1, 0.15) is 61.3 Å². The third-order valence-electron chi connectivity index (χ3n) is 7.39. The molecular formula is C32H36Cl2N2O2. The monoisotopic (exact) mass is 550 g/mol. The molecule has 1 aliphatic rings. The van der Waals surface area contributed by atoms with Crippen LogP contribution in [0, 0.1) is 0 Å². The van der Waals surface area contributed by atoms with E-state index in [1.807, 2.05) is 36.4 Å². The number of nitrogens with zero attached hydrogens (tertiary/aromatic N) is 1. The van der Waals surface area contributed by atoms with Crippen LogP contribution in [0.15, 0.2) is 72.8 Å². The Kier molecular flexibility index (Phi) is 10.3. The van der Waals surface area contributed by atoms with Crippen LogP contribution in [-0.2, 0) is 35.4 Å². The number of rotatable bonds is 11. The number of amides is 2. The van der Waals surface area contributed by atoms with Gasteiger partial charge in [-0.05, 0) is 60.1 Å². The van der Waals surface area contributed by atoms with Gasteiger partial charge in [0.1, 0.15) is 6.04 Å². The third-order valence-corrected chi connectivity index (χ3v) is 7.97. The van der Waals surface area contributed by atoms with E-state index in [9.17, 15) is 9.59 Å². The molecule has 0 radical (unpaired) electrons. The van der Waals surface area contributed by atoms with Crippen molar-refractivity contribution in [2.75, 3.05) is 0 Å². The minimum atomic E-state index is -0.653. The smallest absolute Gasteiger partial charge is 0.243 e. The quantitative estimate of drug-likeness (QED) is 0.274. The molecular weight excluding hydrogens is 515 g/mol. The van der Waals surface area contributed by atoms with Gasteiger partial charge in [0, 0.05) is 35.5 Å². The van der Waals surface area contributed by atoms with E-state index in [-0.39, 0.29) is 24.4 Å². The lowest BCUT2D eigenvalue weighted by atomic mass is 10.0. The minimum Gasteiger partial charge on any atom is -0.352 e. The summed E-state index contributed by atoms with van der Waals surface area (Å²) in [5.74, 6) is -0.176. The van der Waals surface area contributed by atoms with Crippen LogP contribution in [0.2, 0.25) is 10.0 Å². The van der Waals surface area contributed by atoms with Gasteiger partial charge in [-0.3, -0.25) is 9.59 Å². The molecule has 0 unspecified atom stereocenters. The molecule has 1 atom stereocenters. The van der Waals surface area contributed by atoms with Crippen molar-refractivity contribution < 1.29 is 9.59 Å². The van der Waals surface area contributed by atoms with Crippen molar-refractivity contribution >= 4 is 35.0 Å². The molecule has 3 aromatic rings. The number of benzene rings is 3. The number of aryl methyl sites for hydroxylation is 2. The molecule has 1 aliphatic carbocycles. The molecule has 1 N–H and O–H groups in total. The zero-order chi connectivity index (χ0) is 26.9. The van der Waals surface area contributed by atoms with Gasteiger partial charge >= 0.3 is 0 Å². The fraction of sp³-hybridized carbons (Fsp3) is 0.375. The zero-order valence-electron chi connectivity index (χ0n) is 22.0. The highest BCUT2D eigenvalue weighted by molar-refractivity contribution is 6.35. The average Bonchev–Trinajstić information content (AvgIpc) is 3.44. The summed E-state index contributed by atoms with van der Waals surface area (Å²) >= 11 is 12.7. The molecule has 1 saturated carbocycles. The van der Waals surface area contributed by atoms with E-state index in [0.717, 1.165) is 48.8 Å². The highest BCUT2D eigenvalue weighted by atomic mass is 35.5. The third kappa shape index (κ3) is 7.85. The lowest BCUT2D eigenvalue weighted by Gasteiger charge is -2.32. The molecule has 6 heteroatoms. The second-order valence-electron chi connectivity index (χ2n) is 10.1. The Bertz CT molecular complexity index is 1210. The van der Waals surface area contributed by atoms with E-state index in [2.05, 4.69) is 36.5 Å². The van der Waals surface area contributed by atoms with Gasteiger partial charge in [-0.2, -0.15) is 0 Å². The summed E-state index contributed by atoms with van der Waals surface area (Å²) in [6.07, 6.45) is 6.52. The molecule has 4 rings (SSSR count). The predicted octanol–water partition coefficient (Wildman–Crippen LogP) is 7.19. The first kappa shape index (κ1) is 28.2. The summed E-state index contributed by atoms with van der Waals surface area (Å²) in [6, 6.07) is 23.1. The van der Waals surface area contributed by atoms with E-state index >= 15 is 0 Å². The first-order chi connectivity index (χ1) is 18.4. The van der Waals surface area contributed by atoms with Crippen molar-refractivity contribution in [3.63, 3.8) is 0 Å². The summed E-state index contributed by atoms with van der Waals surface area (Å²) in [7, 11) is 0. The van der Waals surface area contributed by atoms with Gasteiger partial charge in [0.25, 0.3) is 0 Å².